The van der Waals surface area contributed by atoms with Gasteiger partial charge in [0, 0.05) is 21.1 Å². The van der Waals surface area contributed by atoms with E-state index in [1.54, 1.807) is 0 Å². The standard InChI is InChI=1S/Mo.H4O4Si/c;1-5(2,3)4/h;1-4H. The van der Waals surface area contributed by atoms with E-state index in [0.29, 0.717) is 0 Å². The fraction of sp³-hybridized carbons (Fsp3) is 0. The molecule has 0 saturated carbocycles. The van der Waals surface area contributed by atoms with Crippen LogP contribution in [0.5, 0.6) is 0 Å². The van der Waals surface area contributed by atoms with Gasteiger partial charge in [-0.3, -0.25) is 0 Å². The molecule has 6 heavy (non-hydrogen) atoms. The molecule has 0 radical (unpaired) electrons. The topological polar surface area (TPSA) is 80.9 Å². The van der Waals surface area contributed by atoms with Crippen molar-refractivity contribution in [2.24, 2.45) is 0 Å². The largest absolute Gasteiger partial charge is 0.668 e. The second-order valence-corrected chi connectivity index (χ2v) is 1.80. The van der Waals surface area contributed by atoms with E-state index in [4.69, 9.17) is 19.2 Å². The summed E-state index contributed by atoms with van der Waals surface area (Å²) < 4.78 is 0. The smallest absolute Gasteiger partial charge is 0.368 e. The SMILES string of the molecule is O[Si](O)(O)O.[Mo]. The Labute approximate surface area is 49.8 Å². The molecule has 0 spiro atoms. The molecule has 6 heteroatoms. The average Bonchev–Trinajstić information content (AvgIpc) is 0.722. The van der Waals surface area contributed by atoms with Crippen LogP contribution in [0.3, 0.4) is 0 Å². The first-order valence-corrected chi connectivity index (χ1v) is 2.68. The van der Waals surface area contributed by atoms with Crippen LogP contribution in [0.2, 0.25) is 0 Å². The number of rotatable bonds is 0. The van der Waals surface area contributed by atoms with E-state index in [1.165, 1.54) is 0 Å². The van der Waals surface area contributed by atoms with Gasteiger partial charge < -0.3 is 19.2 Å². The predicted octanol–water partition coefficient (Wildman–Crippen LogP) is -2.61. The van der Waals surface area contributed by atoms with Crippen molar-refractivity contribution >= 4 is 9.05 Å². The first kappa shape index (κ1) is 9.89. The van der Waals surface area contributed by atoms with Gasteiger partial charge in [-0.1, -0.05) is 0 Å². The maximum absolute atomic E-state index is 7.33. The second kappa shape index (κ2) is 2.84. The quantitative estimate of drug-likeness (QED) is 0.317. The maximum atomic E-state index is 7.33. The van der Waals surface area contributed by atoms with E-state index in [0.717, 1.165) is 0 Å². The summed E-state index contributed by atoms with van der Waals surface area (Å²) in [5.74, 6) is 0. The van der Waals surface area contributed by atoms with Gasteiger partial charge >= 0.3 is 9.05 Å². The molecule has 0 aliphatic carbocycles. The molecule has 0 heterocycles. The van der Waals surface area contributed by atoms with Gasteiger partial charge in [0.25, 0.3) is 0 Å². The van der Waals surface area contributed by atoms with Crippen molar-refractivity contribution in [1.82, 2.24) is 0 Å². The monoisotopic (exact) mass is 194 g/mol. The van der Waals surface area contributed by atoms with Crippen LogP contribution in [-0.2, 0) is 21.1 Å². The zero-order valence-corrected chi connectivity index (χ0v) is 5.70. The summed E-state index contributed by atoms with van der Waals surface area (Å²) in [6.07, 6.45) is 0. The Bertz CT molecular complexity index is 23.0. The molecule has 0 bridgehead atoms. The zero-order chi connectivity index (χ0) is 4.50. The van der Waals surface area contributed by atoms with Gasteiger partial charge in [0.05, 0.1) is 0 Å². The Morgan fingerprint density at radius 1 is 0.833 bits per heavy atom. The Kier molecular flexibility index (Phi) is 4.69. The van der Waals surface area contributed by atoms with Gasteiger partial charge in [-0.2, -0.15) is 0 Å². The van der Waals surface area contributed by atoms with Crippen molar-refractivity contribution in [3.05, 3.63) is 0 Å². The van der Waals surface area contributed by atoms with E-state index < -0.39 is 9.05 Å². The van der Waals surface area contributed by atoms with Crippen LogP contribution in [-0.4, -0.2) is 28.2 Å². The second-order valence-electron chi connectivity index (χ2n) is 0.600. The first-order valence-electron chi connectivity index (χ1n) is 0.894. The minimum atomic E-state index is -4.61. The molecule has 38 valence electrons. The molecule has 0 aromatic rings. The fourth-order valence-corrected chi connectivity index (χ4v) is 0. The molecule has 0 atom stereocenters. The molecular formula is H4MoO4Si. The van der Waals surface area contributed by atoms with Gasteiger partial charge in [-0.25, -0.2) is 0 Å². The molecule has 0 unspecified atom stereocenters. The average molecular weight is 192 g/mol. The summed E-state index contributed by atoms with van der Waals surface area (Å²) in [4.78, 5) is 29.3. The van der Waals surface area contributed by atoms with Crippen molar-refractivity contribution in [2.75, 3.05) is 0 Å². The summed E-state index contributed by atoms with van der Waals surface area (Å²) in [6.45, 7) is 0. The molecule has 0 aliphatic heterocycles. The van der Waals surface area contributed by atoms with E-state index in [-0.39, 0.29) is 21.1 Å². The number of hydrogen-bond donors (Lipinski definition) is 4. The summed E-state index contributed by atoms with van der Waals surface area (Å²) in [7, 11) is -4.61. The fourth-order valence-electron chi connectivity index (χ4n) is 0. The van der Waals surface area contributed by atoms with Crippen molar-refractivity contribution in [3.63, 3.8) is 0 Å². The Hall–Kier alpha value is 0.745. The third-order valence-electron chi connectivity index (χ3n) is 0. The molecule has 0 aromatic carbocycles. The Morgan fingerprint density at radius 2 is 0.833 bits per heavy atom. The zero-order valence-electron chi connectivity index (χ0n) is 2.70. The first-order chi connectivity index (χ1) is 2.00. The van der Waals surface area contributed by atoms with E-state index in [1.807, 2.05) is 0 Å². The van der Waals surface area contributed by atoms with E-state index in [9.17, 15) is 0 Å². The molecule has 0 amide bonds. The number of hydrogen-bond acceptors (Lipinski definition) is 4. The Morgan fingerprint density at radius 3 is 0.833 bits per heavy atom. The van der Waals surface area contributed by atoms with Gasteiger partial charge in [0.2, 0.25) is 0 Å². The normalized spacial score (nSPS) is 10.0. The third kappa shape index (κ3) is 120. The molecule has 0 rings (SSSR count). The van der Waals surface area contributed by atoms with Crippen LogP contribution in [0.15, 0.2) is 0 Å². The van der Waals surface area contributed by atoms with Crippen LogP contribution >= 0.6 is 0 Å². The summed E-state index contributed by atoms with van der Waals surface area (Å²) >= 11 is 0. The van der Waals surface area contributed by atoms with Crippen LogP contribution in [0.1, 0.15) is 0 Å². The Balaban J connectivity index is 0. The van der Waals surface area contributed by atoms with Crippen LogP contribution in [0.25, 0.3) is 0 Å². The minimum absolute atomic E-state index is 0. The van der Waals surface area contributed by atoms with Crippen LogP contribution in [0.4, 0.5) is 0 Å². The summed E-state index contributed by atoms with van der Waals surface area (Å²) in [5, 5.41) is 0. The van der Waals surface area contributed by atoms with Crippen molar-refractivity contribution in [2.45, 2.75) is 0 Å². The molecular weight excluding hydrogens is 188 g/mol. The minimum Gasteiger partial charge on any atom is -0.368 e. The van der Waals surface area contributed by atoms with Gasteiger partial charge in [0.15, 0.2) is 0 Å². The summed E-state index contributed by atoms with van der Waals surface area (Å²) in [5.41, 5.74) is 0. The third-order valence-corrected chi connectivity index (χ3v) is 0. The summed E-state index contributed by atoms with van der Waals surface area (Å²) in [6, 6.07) is 0. The van der Waals surface area contributed by atoms with Crippen LogP contribution in [0, 0.1) is 0 Å². The predicted molar refractivity (Wildman–Crippen MR) is 14.6 cm³/mol. The molecule has 4 N–H and O–H groups in total. The van der Waals surface area contributed by atoms with Crippen molar-refractivity contribution < 1.29 is 40.2 Å². The molecule has 4 nitrogen and oxygen atoms in total. The van der Waals surface area contributed by atoms with Crippen molar-refractivity contribution in [1.29, 1.82) is 0 Å². The molecule has 0 fully saturated rings. The molecule has 0 saturated heterocycles. The molecule has 0 aromatic heterocycles. The van der Waals surface area contributed by atoms with E-state index >= 15 is 0 Å². The van der Waals surface area contributed by atoms with Crippen molar-refractivity contribution in [3.8, 4) is 0 Å². The maximum Gasteiger partial charge on any atom is 0.668 e. The van der Waals surface area contributed by atoms with E-state index in [2.05, 4.69) is 0 Å². The van der Waals surface area contributed by atoms with Gasteiger partial charge in [-0.15, -0.1) is 0 Å². The van der Waals surface area contributed by atoms with Crippen LogP contribution < -0.4 is 0 Å². The van der Waals surface area contributed by atoms with Gasteiger partial charge in [0.1, 0.15) is 0 Å². The van der Waals surface area contributed by atoms with Gasteiger partial charge in [-0.05, 0) is 0 Å². The molecule has 0 aliphatic rings.